The smallest absolute Gasteiger partial charge is 0.323 e. The van der Waals surface area contributed by atoms with Crippen molar-refractivity contribution in [3.63, 3.8) is 0 Å². The van der Waals surface area contributed by atoms with Gasteiger partial charge in [-0.3, -0.25) is 14.4 Å². The SMILES string of the molecule is O=C(O)CN(CC(=O)O)C(=O)C1CCC1. The van der Waals surface area contributed by atoms with Crippen molar-refractivity contribution in [3.8, 4) is 0 Å². The minimum absolute atomic E-state index is 0.177. The molecule has 0 bridgehead atoms. The summed E-state index contributed by atoms with van der Waals surface area (Å²) in [6.07, 6.45) is 2.41. The number of carbonyl (C=O) groups excluding carboxylic acids is 1. The molecule has 1 saturated carbocycles. The average Bonchev–Trinajstić information content (AvgIpc) is 1.97. The highest BCUT2D eigenvalue weighted by Crippen LogP contribution is 2.28. The van der Waals surface area contributed by atoms with Crippen molar-refractivity contribution in [1.82, 2.24) is 4.90 Å². The normalized spacial score (nSPS) is 15.5. The lowest BCUT2D eigenvalue weighted by atomic mass is 9.84. The number of nitrogens with zero attached hydrogens (tertiary/aromatic N) is 1. The van der Waals surface area contributed by atoms with Crippen LogP contribution in [0.25, 0.3) is 0 Å². The third-order valence-electron chi connectivity index (χ3n) is 2.42. The summed E-state index contributed by atoms with van der Waals surface area (Å²) in [5, 5.41) is 17.1. The summed E-state index contributed by atoms with van der Waals surface area (Å²) in [5.74, 6) is -2.91. The van der Waals surface area contributed by atoms with Gasteiger partial charge in [-0.15, -0.1) is 0 Å². The van der Waals surface area contributed by atoms with Gasteiger partial charge in [-0.2, -0.15) is 0 Å². The molecule has 1 fully saturated rings. The van der Waals surface area contributed by atoms with E-state index < -0.39 is 25.0 Å². The molecule has 0 aliphatic heterocycles. The number of hydrogen-bond donors (Lipinski definition) is 2. The lowest BCUT2D eigenvalue weighted by Crippen LogP contribution is -2.44. The number of rotatable bonds is 5. The number of carboxylic acids is 2. The molecule has 2 N–H and O–H groups in total. The third-order valence-corrected chi connectivity index (χ3v) is 2.42. The van der Waals surface area contributed by atoms with Gasteiger partial charge in [-0.1, -0.05) is 6.42 Å². The highest BCUT2D eigenvalue weighted by atomic mass is 16.4. The monoisotopic (exact) mass is 215 g/mol. The minimum atomic E-state index is -1.19. The van der Waals surface area contributed by atoms with Crippen molar-refractivity contribution >= 4 is 17.8 Å². The van der Waals surface area contributed by atoms with Gasteiger partial charge in [-0.05, 0) is 12.8 Å². The van der Waals surface area contributed by atoms with Gasteiger partial charge in [0.1, 0.15) is 13.1 Å². The summed E-state index contributed by atoms with van der Waals surface area (Å²) in [7, 11) is 0. The van der Waals surface area contributed by atoms with Crippen molar-refractivity contribution in [1.29, 1.82) is 0 Å². The molecule has 0 unspecified atom stereocenters. The number of amides is 1. The van der Waals surface area contributed by atoms with Crippen molar-refractivity contribution in [2.24, 2.45) is 5.92 Å². The predicted molar refractivity (Wildman–Crippen MR) is 49.2 cm³/mol. The second-order valence-corrected chi connectivity index (χ2v) is 3.61. The molecular weight excluding hydrogens is 202 g/mol. The van der Waals surface area contributed by atoms with Crippen molar-refractivity contribution < 1.29 is 24.6 Å². The largest absolute Gasteiger partial charge is 0.480 e. The predicted octanol–water partition coefficient (Wildman–Crippen LogP) is -0.216. The second-order valence-electron chi connectivity index (χ2n) is 3.61. The molecule has 6 nitrogen and oxygen atoms in total. The van der Waals surface area contributed by atoms with Crippen LogP contribution >= 0.6 is 0 Å². The van der Waals surface area contributed by atoms with Crippen molar-refractivity contribution in [2.45, 2.75) is 19.3 Å². The first-order valence-corrected chi connectivity index (χ1v) is 4.73. The van der Waals surface area contributed by atoms with E-state index in [0.717, 1.165) is 24.2 Å². The first kappa shape index (κ1) is 11.5. The molecule has 1 amide bonds. The standard InChI is InChI=1S/C9H13NO5/c11-7(12)4-10(5-8(13)14)9(15)6-2-1-3-6/h6H,1-5H2,(H,11,12)(H,13,14). The van der Waals surface area contributed by atoms with Gasteiger partial charge in [-0.25, -0.2) is 0 Å². The number of carbonyl (C=O) groups is 3. The zero-order chi connectivity index (χ0) is 11.4. The van der Waals surface area contributed by atoms with Gasteiger partial charge in [0.05, 0.1) is 0 Å². The van der Waals surface area contributed by atoms with Crippen LogP contribution in [0.3, 0.4) is 0 Å². The Morgan fingerprint density at radius 2 is 1.53 bits per heavy atom. The lowest BCUT2D eigenvalue weighted by molar-refractivity contribution is -0.152. The highest BCUT2D eigenvalue weighted by molar-refractivity contribution is 5.86. The Hall–Kier alpha value is -1.59. The summed E-state index contributed by atoms with van der Waals surface area (Å²) >= 11 is 0. The number of carboxylic acid groups (broad SMARTS) is 2. The molecule has 0 aromatic carbocycles. The zero-order valence-corrected chi connectivity index (χ0v) is 8.18. The molecule has 0 aromatic heterocycles. The topological polar surface area (TPSA) is 94.9 Å². The quantitative estimate of drug-likeness (QED) is 0.661. The van der Waals surface area contributed by atoms with E-state index in [4.69, 9.17) is 10.2 Å². The van der Waals surface area contributed by atoms with Crippen molar-refractivity contribution in [2.75, 3.05) is 13.1 Å². The van der Waals surface area contributed by atoms with E-state index in [-0.39, 0.29) is 11.8 Å². The molecule has 0 spiro atoms. The fourth-order valence-corrected chi connectivity index (χ4v) is 1.45. The lowest BCUT2D eigenvalue weighted by Gasteiger charge is -2.29. The first-order valence-electron chi connectivity index (χ1n) is 4.73. The van der Waals surface area contributed by atoms with E-state index in [2.05, 4.69) is 0 Å². The van der Waals surface area contributed by atoms with E-state index in [1.165, 1.54) is 0 Å². The fourth-order valence-electron chi connectivity index (χ4n) is 1.45. The number of hydrogen-bond acceptors (Lipinski definition) is 3. The van der Waals surface area contributed by atoms with Crippen LogP contribution in [0.1, 0.15) is 19.3 Å². The molecule has 84 valence electrons. The van der Waals surface area contributed by atoms with E-state index in [1.54, 1.807) is 0 Å². The van der Waals surface area contributed by atoms with E-state index >= 15 is 0 Å². The van der Waals surface area contributed by atoms with Crippen LogP contribution in [-0.2, 0) is 14.4 Å². The van der Waals surface area contributed by atoms with Gasteiger partial charge in [0, 0.05) is 5.92 Å². The van der Waals surface area contributed by atoms with Gasteiger partial charge >= 0.3 is 11.9 Å². The fraction of sp³-hybridized carbons (Fsp3) is 0.667. The molecule has 0 heterocycles. The average molecular weight is 215 g/mol. The zero-order valence-electron chi connectivity index (χ0n) is 8.18. The Labute approximate surface area is 86.5 Å². The van der Waals surface area contributed by atoms with Crippen LogP contribution in [-0.4, -0.2) is 46.0 Å². The molecule has 0 radical (unpaired) electrons. The molecule has 1 rings (SSSR count). The summed E-state index contributed by atoms with van der Waals surface area (Å²) in [6, 6.07) is 0. The maximum Gasteiger partial charge on any atom is 0.323 e. The molecule has 0 aromatic rings. The Kier molecular flexibility index (Phi) is 3.65. The molecule has 0 saturated heterocycles. The Balaban J connectivity index is 2.56. The van der Waals surface area contributed by atoms with Gasteiger partial charge in [0.15, 0.2) is 0 Å². The van der Waals surface area contributed by atoms with Crippen LogP contribution in [0.15, 0.2) is 0 Å². The Morgan fingerprint density at radius 3 is 1.80 bits per heavy atom. The molecule has 0 atom stereocenters. The van der Waals surface area contributed by atoms with Crippen LogP contribution < -0.4 is 0 Å². The Bertz CT molecular complexity index is 268. The maximum absolute atomic E-state index is 11.6. The highest BCUT2D eigenvalue weighted by Gasteiger charge is 2.31. The molecule has 1 aliphatic rings. The van der Waals surface area contributed by atoms with E-state index in [9.17, 15) is 14.4 Å². The van der Waals surface area contributed by atoms with Crippen LogP contribution in [0.2, 0.25) is 0 Å². The summed E-state index contributed by atoms with van der Waals surface area (Å²) in [5.41, 5.74) is 0. The molecule has 1 aliphatic carbocycles. The van der Waals surface area contributed by atoms with Gasteiger partial charge in [0.25, 0.3) is 0 Å². The Morgan fingerprint density at radius 1 is 1.07 bits per heavy atom. The summed E-state index contributed by atoms with van der Waals surface area (Å²) < 4.78 is 0. The number of aliphatic carboxylic acids is 2. The van der Waals surface area contributed by atoms with Crippen LogP contribution in [0.4, 0.5) is 0 Å². The molecule has 15 heavy (non-hydrogen) atoms. The summed E-state index contributed by atoms with van der Waals surface area (Å²) in [4.78, 5) is 33.4. The van der Waals surface area contributed by atoms with E-state index in [0.29, 0.717) is 0 Å². The maximum atomic E-state index is 11.6. The minimum Gasteiger partial charge on any atom is -0.480 e. The van der Waals surface area contributed by atoms with E-state index in [1.807, 2.05) is 0 Å². The first-order chi connectivity index (χ1) is 7.00. The molecule has 6 heteroatoms. The molecular formula is C9H13NO5. The van der Waals surface area contributed by atoms with Gasteiger partial charge < -0.3 is 15.1 Å². The van der Waals surface area contributed by atoms with Crippen LogP contribution in [0.5, 0.6) is 0 Å². The van der Waals surface area contributed by atoms with Crippen molar-refractivity contribution in [3.05, 3.63) is 0 Å². The third kappa shape index (κ3) is 3.23. The van der Waals surface area contributed by atoms with Crippen LogP contribution in [0, 0.1) is 5.92 Å². The second kappa shape index (κ2) is 4.77. The summed E-state index contributed by atoms with van der Waals surface area (Å²) in [6.45, 7) is -1.08. The van der Waals surface area contributed by atoms with Gasteiger partial charge in [0.2, 0.25) is 5.91 Å².